The lowest BCUT2D eigenvalue weighted by Crippen LogP contribution is -2.46. The van der Waals surface area contributed by atoms with E-state index < -0.39 is 0 Å². The summed E-state index contributed by atoms with van der Waals surface area (Å²) in [5.74, 6) is 0.890. The summed E-state index contributed by atoms with van der Waals surface area (Å²) in [5, 5.41) is 3.39. The minimum absolute atomic E-state index is 0. The Kier molecular flexibility index (Phi) is 11.4. The van der Waals surface area contributed by atoms with Crippen LogP contribution in [-0.2, 0) is 4.74 Å². The van der Waals surface area contributed by atoms with Gasteiger partial charge in [0, 0.05) is 52.4 Å². The Bertz CT molecular complexity index is 212. The number of hydrogen-bond acceptors (Lipinski definition) is 4. The molecule has 1 aliphatic heterocycles. The van der Waals surface area contributed by atoms with Crippen LogP contribution in [0.3, 0.4) is 0 Å². The summed E-state index contributed by atoms with van der Waals surface area (Å²) >= 11 is 0. The summed E-state index contributed by atoms with van der Waals surface area (Å²) in [6, 6.07) is 0. The molecule has 0 radical (unpaired) electrons. The highest BCUT2D eigenvalue weighted by molar-refractivity contribution is 5.85. The van der Waals surface area contributed by atoms with E-state index in [1.54, 1.807) is 0 Å². The van der Waals surface area contributed by atoms with Crippen molar-refractivity contribution in [2.24, 2.45) is 5.92 Å². The van der Waals surface area contributed by atoms with Gasteiger partial charge in [-0.1, -0.05) is 0 Å². The highest BCUT2D eigenvalue weighted by Crippen LogP contribution is 2.28. The Labute approximate surface area is 130 Å². The molecule has 1 heterocycles. The molecule has 1 aliphatic carbocycles. The molecule has 0 aromatic heterocycles. The smallest absolute Gasteiger partial charge is 0.0593 e. The second-order valence-corrected chi connectivity index (χ2v) is 5.41. The number of piperazine rings is 1. The van der Waals surface area contributed by atoms with Crippen molar-refractivity contribution in [1.82, 2.24) is 15.1 Å². The summed E-state index contributed by atoms with van der Waals surface area (Å²) in [6.45, 7) is 10.0. The van der Waals surface area contributed by atoms with Crippen LogP contribution in [0.4, 0.5) is 0 Å². The zero-order chi connectivity index (χ0) is 11.9. The van der Waals surface area contributed by atoms with Gasteiger partial charge in [-0.3, -0.25) is 4.90 Å². The number of likely N-dealkylation sites (N-methyl/N-ethyl adjacent to an activating group) is 1. The second kappa shape index (κ2) is 11.1. The largest absolute Gasteiger partial charge is 0.380 e. The van der Waals surface area contributed by atoms with Crippen molar-refractivity contribution >= 4 is 24.8 Å². The zero-order valence-corrected chi connectivity index (χ0v) is 13.6. The van der Waals surface area contributed by atoms with Crippen LogP contribution in [-0.4, -0.2) is 75.9 Å². The second-order valence-electron chi connectivity index (χ2n) is 5.41. The third-order valence-corrected chi connectivity index (χ3v) is 3.68. The van der Waals surface area contributed by atoms with Gasteiger partial charge in [-0.05, 0) is 25.8 Å². The van der Waals surface area contributed by atoms with Crippen LogP contribution in [0.1, 0.15) is 12.8 Å². The van der Waals surface area contributed by atoms with Crippen LogP contribution < -0.4 is 5.32 Å². The summed E-state index contributed by atoms with van der Waals surface area (Å²) in [5.41, 5.74) is 0. The summed E-state index contributed by atoms with van der Waals surface area (Å²) < 4.78 is 5.65. The first-order valence-electron chi connectivity index (χ1n) is 7.04. The van der Waals surface area contributed by atoms with E-state index in [4.69, 9.17) is 4.74 Å². The quantitative estimate of drug-likeness (QED) is 0.679. The third-order valence-electron chi connectivity index (χ3n) is 3.68. The average Bonchev–Trinajstić information content (AvgIpc) is 3.17. The van der Waals surface area contributed by atoms with Crippen LogP contribution >= 0.6 is 24.8 Å². The molecule has 1 N–H and O–H groups in total. The molecular weight excluding hydrogens is 285 g/mol. The molecule has 0 bridgehead atoms. The lowest BCUT2D eigenvalue weighted by atomic mass is 10.3. The number of halogens is 2. The lowest BCUT2D eigenvalue weighted by Gasteiger charge is -2.29. The Morgan fingerprint density at radius 3 is 2.47 bits per heavy atom. The van der Waals surface area contributed by atoms with Crippen molar-refractivity contribution in [3.63, 3.8) is 0 Å². The third kappa shape index (κ3) is 9.05. The number of nitrogens with one attached hydrogen (secondary N) is 1. The fourth-order valence-electron chi connectivity index (χ4n) is 2.11. The van der Waals surface area contributed by atoms with Gasteiger partial charge in [-0.2, -0.15) is 0 Å². The van der Waals surface area contributed by atoms with Gasteiger partial charge in [-0.15, -0.1) is 24.8 Å². The van der Waals surface area contributed by atoms with Crippen LogP contribution in [0, 0.1) is 5.92 Å². The predicted octanol–water partition coefficient (Wildman–Crippen LogP) is 1.09. The van der Waals surface area contributed by atoms with Gasteiger partial charge in [0.25, 0.3) is 0 Å². The number of hydrogen-bond donors (Lipinski definition) is 1. The average molecular weight is 314 g/mol. The van der Waals surface area contributed by atoms with Crippen molar-refractivity contribution < 1.29 is 4.74 Å². The maximum absolute atomic E-state index is 5.65. The molecule has 116 valence electrons. The first-order valence-corrected chi connectivity index (χ1v) is 7.04. The van der Waals surface area contributed by atoms with Gasteiger partial charge in [0.15, 0.2) is 0 Å². The predicted molar refractivity (Wildman–Crippen MR) is 84.8 cm³/mol. The molecule has 2 fully saturated rings. The molecule has 0 aromatic rings. The molecular formula is C13H29Cl2N3O. The van der Waals surface area contributed by atoms with Gasteiger partial charge in [0.1, 0.15) is 0 Å². The monoisotopic (exact) mass is 313 g/mol. The number of ether oxygens (including phenoxy) is 1. The zero-order valence-electron chi connectivity index (χ0n) is 12.0. The fraction of sp³-hybridized carbons (Fsp3) is 1.00. The molecule has 0 aromatic carbocycles. The minimum Gasteiger partial charge on any atom is -0.380 e. The molecule has 1 saturated carbocycles. The minimum atomic E-state index is 0. The van der Waals surface area contributed by atoms with E-state index in [0.29, 0.717) is 0 Å². The van der Waals surface area contributed by atoms with Crippen molar-refractivity contribution in [2.45, 2.75) is 12.8 Å². The SMILES string of the molecule is CN(CCOCC1CC1)CCN1CCNCC1.Cl.Cl. The van der Waals surface area contributed by atoms with Crippen LogP contribution in [0.25, 0.3) is 0 Å². The van der Waals surface area contributed by atoms with Gasteiger partial charge < -0.3 is 15.0 Å². The van der Waals surface area contributed by atoms with Crippen molar-refractivity contribution in [1.29, 1.82) is 0 Å². The van der Waals surface area contributed by atoms with E-state index in [0.717, 1.165) is 45.3 Å². The molecule has 2 rings (SSSR count). The van der Waals surface area contributed by atoms with Crippen molar-refractivity contribution in [2.75, 3.05) is 66.1 Å². The molecule has 0 atom stereocenters. The highest BCUT2D eigenvalue weighted by Gasteiger charge is 2.20. The molecule has 6 heteroatoms. The molecule has 19 heavy (non-hydrogen) atoms. The van der Waals surface area contributed by atoms with E-state index in [2.05, 4.69) is 22.2 Å². The van der Waals surface area contributed by atoms with Gasteiger partial charge in [0.05, 0.1) is 6.61 Å². The van der Waals surface area contributed by atoms with Gasteiger partial charge >= 0.3 is 0 Å². The Balaban J connectivity index is 0.00000162. The maximum Gasteiger partial charge on any atom is 0.0593 e. The van der Waals surface area contributed by atoms with E-state index in [1.165, 1.54) is 32.5 Å². The van der Waals surface area contributed by atoms with Crippen molar-refractivity contribution in [3.05, 3.63) is 0 Å². The highest BCUT2D eigenvalue weighted by atomic mass is 35.5. The molecule has 4 nitrogen and oxygen atoms in total. The van der Waals surface area contributed by atoms with Crippen LogP contribution in [0.15, 0.2) is 0 Å². The number of nitrogens with zero attached hydrogens (tertiary/aromatic N) is 2. The first-order chi connectivity index (χ1) is 8.34. The van der Waals surface area contributed by atoms with E-state index in [-0.39, 0.29) is 24.8 Å². The fourth-order valence-corrected chi connectivity index (χ4v) is 2.11. The van der Waals surface area contributed by atoms with E-state index in [9.17, 15) is 0 Å². The summed E-state index contributed by atoms with van der Waals surface area (Å²) in [6.07, 6.45) is 2.78. The van der Waals surface area contributed by atoms with Crippen LogP contribution in [0.5, 0.6) is 0 Å². The molecule has 0 spiro atoms. The molecule has 1 saturated heterocycles. The number of rotatable bonds is 8. The maximum atomic E-state index is 5.65. The molecule has 0 unspecified atom stereocenters. The molecule has 0 amide bonds. The van der Waals surface area contributed by atoms with Gasteiger partial charge in [0.2, 0.25) is 0 Å². The Morgan fingerprint density at radius 2 is 1.84 bits per heavy atom. The molecule has 2 aliphatic rings. The Morgan fingerprint density at radius 1 is 1.16 bits per heavy atom. The normalized spacial score (nSPS) is 19.9. The van der Waals surface area contributed by atoms with Gasteiger partial charge in [-0.25, -0.2) is 0 Å². The first kappa shape index (κ1) is 19.4. The van der Waals surface area contributed by atoms with E-state index in [1.807, 2.05) is 0 Å². The standard InChI is InChI=1S/C13H27N3O.2ClH/c1-15(10-11-17-12-13-2-3-13)8-9-16-6-4-14-5-7-16;;/h13-14H,2-12H2,1H3;2*1H. The Hall–Kier alpha value is 0.420. The summed E-state index contributed by atoms with van der Waals surface area (Å²) in [4.78, 5) is 4.92. The summed E-state index contributed by atoms with van der Waals surface area (Å²) in [7, 11) is 2.20. The van der Waals surface area contributed by atoms with E-state index >= 15 is 0 Å². The van der Waals surface area contributed by atoms with Crippen molar-refractivity contribution in [3.8, 4) is 0 Å². The topological polar surface area (TPSA) is 27.7 Å². The lowest BCUT2D eigenvalue weighted by molar-refractivity contribution is 0.0990. The van der Waals surface area contributed by atoms with Crippen LogP contribution in [0.2, 0.25) is 0 Å².